The van der Waals surface area contributed by atoms with Crippen molar-refractivity contribution >= 4 is 31.0 Å². The summed E-state index contributed by atoms with van der Waals surface area (Å²) in [5.74, 6) is -0.0278. The summed E-state index contributed by atoms with van der Waals surface area (Å²) in [5, 5.41) is 0. The quantitative estimate of drug-likeness (QED) is 0.431. The number of rotatable bonds is 1. The van der Waals surface area contributed by atoms with Crippen LogP contribution in [0.15, 0.2) is 10.3 Å². The first kappa shape index (κ1) is 11.0. The molecule has 0 rings (SSSR count). The van der Waals surface area contributed by atoms with Crippen molar-refractivity contribution in [3.63, 3.8) is 0 Å². The maximum atomic E-state index is 10.1. The lowest BCUT2D eigenvalue weighted by Crippen LogP contribution is -1.78. The summed E-state index contributed by atoms with van der Waals surface area (Å²) in [7, 11) is 0. The van der Waals surface area contributed by atoms with Crippen molar-refractivity contribution in [3.05, 3.63) is 10.3 Å². The summed E-state index contributed by atoms with van der Waals surface area (Å²) in [6.07, 6.45) is 1.34. The van der Waals surface area contributed by atoms with E-state index in [1.165, 1.54) is 13.0 Å². The van der Waals surface area contributed by atoms with Gasteiger partial charge in [0.25, 0.3) is 0 Å². The van der Waals surface area contributed by atoms with E-state index < -0.39 is 0 Å². The van der Waals surface area contributed by atoms with Gasteiger partial charge in [-0.2, -0.15) is 0 Å². The molecule has 0 aliphatic rings. The molecule has 48 valence electrons. The van der Waals surface area contributed by atoms with E-state index in [1.54, 1.807) is 0 Å². The van der Waals surface area contributed by atoms with Gasteiger partial charge in [-0.1, -0.05) is 7.43 Å². The number of carbonyl (C=O) groups excluding carboxylic acids is 1. The highest BCUT2D eigenvalue weighted by Gasteiger charge is 1.82. The molecule has 0 amide bonds. The Bertz CT molecular complexity index is 103. The Hall–Kier alpha value is 0.110. The van der Waals surface area contributed by atoms with Gasteiger partial charge in [-0.05, 0) is 6.92 Å². The van der Waals surface area contributed by atoms with Gasteiger partial charge < -0.3 is 0 Å². The third-order valence-corrected chi connectivity index (χ3v) is 0.591. The fraction of sp³-hybridized carbons (Fsp3) is 0.400. The number of ketones is 1. The topological polar surface area (TPSA) is 17.1 Å². The Kier molecular flexibility index (Phi) is 7.21. The van der Waals surface area contributed by atoms with Crippen LogP contribution in [0.4, 0.5) is 0 Å². The molecule has 0 radical (unpaired) electrons. The van der Waals surface area contributed by atoms with Crippen LogP contribution in [-0.2, 0) is 4.79 Å². The number of allylic oxidation sites excluding steroid dienone is 1. The molecule has 0 aromatic rings. The normalized spacial score (nSPS) is 6.88. The minimum absolute atomic E-state index is 0. The molecular weight excluding hydrogens is 140 g/mol. The van der Waals surface area contributed by atoms with E-state index in [2.05, 4.69) is 25.3 Å². The molecule has 0 spiro atoms. The second-order valence-corrected chi connectivity index (χ2v) is 2.43. The van der Waals surface area contributed by atoms with Crippen LogP contribution in [0.2, 0.25) is 0 Å². The van der Waals surface area contributed by atoms with Gasteiger partial charge in [0, 0.05) is 10.3 Å². The van der Waals surface area contributed by atoms with Crippen molar-refractivity contribution in [2.24, 2.45) is 0 Å². The Labute approximate surface area is 61.0 Å². The predicted molar refractivity (Wildman–Crippen MR) is 43.5 cm³/mol. The maximum absolute atomic E-state index is 10.1. The second-order valence-electron chi connectivity index (χ2n) is 1.11. The highest BCUT2D eigenvalue weighted by molar-refractivity contribution is 8.05. The standard InChI is InChI=1S/C4H6OS2.CH4/c1-3(5)2-4(6)7;/h2,6-7H,1H3;1H4. The molecule has 0 saturated carbocycles. The predicted octanol–water partition coefficient (Wildman–Crippen LogP) is 1.91. The Balaban J connectivity index is 0. The number of thiol groups is 2. The smallest absolute Gasteiger partial charge is 0.154 e. The summed E-state index contributed by atoms with van der Waals surface area (Å²) >= 11 is 7.48. The second kappa shape index (κ2) is 5.25. The number of carbonyl (C=O) groups is 1. The van der Waals surface area contributed by atoms with E-state index in [-0.39, 0.29) is 13.2 Å². The molecule has 0 aromatic heterocycles. The van der Waals surface area contributed by atoms with Gasteiger partial charge in [-0.25, -0.2) is 0 Å². The zero-order valence-electron chi connectivity index (χ0n) is 3.88. The van der Waals surface area contributed by atoms with Crippen LogP contribution in [0.3, 0.4) is 0 Å². The zero-order chi connectivity index (χ0) is 5.86. The van der Waals surface area contributed by atoms with Crippen LogP contribution in [0, 0.1) is 0 Å². The molecule has 8 heavy (non-hydrogen) atoms. The SMILES string of the molecule is C.CC(=O)C=C(S)S. The molecule has 0 N–H and O–H groups in total. The summed E-state index contributed by atoms with van der Waals surface area (Å²) in [4.78, 5) is 10.1. The van der Waals surface area contributed by atoms with Crippen molar-refractivity contribution in [3.8, 4) is 0 Å². The summed E-state index contributed by atoms with van der Waals surface area (Å²) in [6, 6.07) is 0. The first-order valence-corrected chi connectivity index (χ1v) is 2.62. The van der Waals surface area contributed by atoms with Gasteiger partial charge in [0.2, 0.25) is 0 Å². The third kappa shape index (κ3) is 9.44. The largest absolute Gasteiger partial charge is 0.295 e. The maximum Gasteiger partial charge on any atom is 0.154 e. The van der Waals surface area contributed by atoms with Gasteiger partial charge in [0.05, 0.1) is 0 Å². The molecule has 0 aliphatic heterocycles. The van der Waals surface area contributed by atoms with Crippen molar-refractivity contribution in [1.29, 1.82) is 0 Å². The van der Waals surface area contributed by atoms with Crippen LogP contribution in [-0.4, -0.2) is 5.78 Å². The van der Waals surface area contributed by atoms with E-state index in [9.17, 15) is 4.79 Å². The third-order valence-electron chi connectivity index (χ3n) is 0.332. The summed E-state index contributed by atoms with van der Waals surface area (Å²) in [5.41, 5.74) is 0. The van der Waals surface area contributed by atoms with E-state index in [1.807, 2.05) is 0 Å². The molecule has 0 aliphatic carbocycles. The van der Waals surface area contributed by atoms with Crippen LogP contribution < -0.4 is 0 Å². The molecule has 0 atom stereocenters. The summed E-state index contributed by atoms with van der Waals surface area (Å²) < 4.78 is 0.451. The fourth-order valence-corrected chi connectivity index (χ4v) is 0.545. The van der Waals surface area contributed by atoms with Gasteiger partial charge in [-0.3, -0.25) is 4.79 Å². The van der Waals surface area contributed by atoms with Crippen LogP contribution in [0.25, 0.3) is 0 Å². The number of hydrogen-bond acceptors (Lipinski definition) is 3. The first-order valence-electron chi connectivity index (χ1n) is 1.73. The van der Waals surface area contributed by atoms with E-state index in [4.69, 9.17) is 0 Å². The zero-order valence-corrected chi connectivity index (χ0v) is 5.67. The Morgan fingerprint density at radius 2 is 1.88 bits per heavy atom. The van der Waals surface area contributed by atoms with Gasteiger partial charge in [-0.15, -0.1) is 25.3 Å². The molecule has 3 heteroatoms. The van der Waals surface area contributed by atoms with Crippen LogP contribution in [0.5, 0.6) is 0 Å². The van der Waals surface area contributed by atoms with Crippen LogP contribution in [0.1, 0.15) is 14.4 Å². The van der Waals surface area contributed by atoms with Gasteiger partial charge >= 0.3 is 0 Å². The Morgan fingerprint density at radius 1 is 1.50 bits per heavy atom. The average molecular weight is 150 g/mol. The molecule has 0 aromatic carbocycles. The minimum Gasteiger partial charge on any atom is -0.295 e. The lowest BCUT2D eigenvalue weighted by molar-refractivity contribution is -0.112. The minimum atomic E-state index is -0.0278. The first-order chi connectivity index (χ1) is 3.13. The van der Waals surface area contributed by atoms with Crippen LogP contribution >= 0.6 is 25.3 Å². The monoisotopic (exact) mass is 150 g/mol. The van der Waals surface area contributed by atoms with Gasteiger partial charge in [0.15, 0.2) is 5.78 Å². The Morgan fingerprint density at radius 3 is 1.88 bits per heavy atom. The van der Waals surface area contributed by atoms with Crippen molar-refractivity contribution < 1.29 is 4.79 Å². The van der Waals surface area contributed by atoms with Crippen molar-refractivity contribution in [1.82, 2.24) is 0 Å². The highest BCUT2D eigenvalue weighted by atomic mass is 32.2. The van der Waals surface area contributed by atoms with E-state index in [0.717, 1.165) is 0 Å². The molecular formula is C5H10OS2. The van der Waals surface area contributed by atoms with Crippen molar-refractivity contribution in [2.45, 2.75) is 14.4 Å². The summed E-state index contributed by atoms with van der Waals surface area (Å²) in [6.45, 7) is 1.45. The average Bonchev–Trinajstić information content (AvgIpc) is 1.27. The molecule has 1 nitrogen and oxygen atoms in total. The fourth-order valence-electron chi connectivity index (χ4n) is 0.182. The van der Waals surface area contributed by atoms with Crippen molar-refractivity contribution in [2.75, 3.05) is 0 Å². The number of hydrogen-bond donors (Lipinski definition) is 2. The lowest BCUT2D eigenvalue weighted by atomic mass is 10.5. The van der Waals surface area contributed by atoms with E-state index in [0.29, 0.717) is 4.24 Å². The lowest BCUT2D eigenvalue weighted by Gasteiger charge is -1.78. The molecule has 0 saturated heterocycles. The van der Waals surface area contributed by atoms with E-state index >= 15 is 0 Å². The molecule has 0 fully saturated rings. The molecule has 0 bridgehead atoms. The molecule has 0 unspecified atom stereocenters. The highest BCUT2D eigenvalue weighted by Crippen LogP contribution is 2.02. The molecule has 0 heterocycles. The van der Waals surface area contributed by atoms with Gasteiger partial charge in [0.1, 0.15) is 0 Å².